The van der Waals surface area contributed by atoms with Gasteiger partial charge in [-0.3, -0.25) is 0 Å². The molecule has 12 heteroatoms. The summed E-state index contributed by atoms with van der Waals surface area (Å²) in [6, 6.07) is 5.67. The highest BCUT2D eigenvalue weighted by Gasteiger charge is 2.42. The molecule has 0 bridgehead atoms. The van der Waals surface area contributed by atoms with Crippen LogP contribution in [-0.4, -0.2) is 6.61 Å². The van der Waals surface area contributed by atoms with Gasteiger partial charge in [0, 0.05) is 23.8 Å². The molecule has 0 spiro atoms. The largest absolute Gasteiger partial charge is 0.493 e. The van der Waals surface area contributed by atoms with Crippen LogP contribution in [0.25, 0.3) is 11.1 Å². The van der Waals surface area contributed by atoms with Crippen molar-refractivity contribution in [1.29, 1.82) is 0 Å². The molecule has 2 nitrogen and oxygen atoms in total. The first-order chi connectivity index (χ1) is 20.3. The molecule has 0 saturated carbocycles. The predicted octanol–water partition coefficient (Wildman–Crippen LogP) is 9.17. The molecule has 0 aliphatic heterocycles. The van der Waals surface area contributed by atoms with Gasteiger partial charge in [-0.15, -0.1) is 0 Å². The maximum absolute atomic E-state index is 14.9. The van der Waals surface area contributed by atoms with Crippen LogP contribution in [0.2, 0.25) is 0 Å². The zero-order valence-corrected chi connectivity index (χ0v) is 21.9. The monoisotopic (exact) mass is 612 g/mol. The molecular formula is C31H18F10O2. The summed E-state index contributed by atoms with van der Waals surface area (Å²) in [7, 11) is 0. The quantitative estimate of drug-likeness (QED) is 0.0855. The number of hydrogen-bond acceptors (Lipinski definition) is 2. The topological polar surface area (TPSA) is 18.5 Å². The maximum atomic E-state index is 14.9. The first-order valence-corrected chi connectivity index (χ1v) is 12.5. The van der Waals surface area contributed by atoms with E-state index in [0.29, 0.717) is 18.7 Å². The van der Waals surface area contributed by atoms with Gasteiger partial charge < -0.3 is 9.47 Å². The third-order valence-electron chi connectivity index (χ3n) is 5.92. The highest BCUT2D eigenvalue weighted by molar-refractivity contribution is 5.67. The van der Waals surface area contributed by atoms with Crippen molar-refractivity contribution in [2.45, 2.75) is 25.9 Å². The molecule has 0 heterocycles. The Kier molecular flexibility index (Phi) is 9.23. The van der Waals surface area contributed by atoms with E-state index >= 15 is 0 Å². The number of ether oxygens (including phenoxy) is 2. The average Bonchev–Trinajstić information content (AvgIpc) is 2.90. The van der Waals surface area contributed by atoms with Gasteiger partial charge in [-0.1, -0.05) is 25.2 Å². The zero-order chi connectivity index (χ0) is 31.5. The molecule has 0 saturated heterocycles. The van der Waals surface area contributed by atoms with Crippen LogP contribution in [0, 0.1) is 58.4 Å². The fraction of sp³-hybridized carbons (Fsp3) is 0.161. The predicted molar refractivity (Wildman–Crippen MR) is 135 cm³/mol. The Hall–Kier alpha value is -4.66. The van der Waals surface area contributed by atoms with E-state index in [1.54, 1.807) is 0 Å². The van der Waals surface area contributed by atoms with Crippen molar-refractivity contribution in [1.82, 2.24) is 0 Å². The number of alkyl halides is 2. The molecule has 43 heavy (non-hydrogen) atoms. The van der Waals surface area contributed by atoms with Crippen LogP contribution in [0.3, 0.4) is 0 Å². The van der Waals surface area contributed by atoms with Gasteiger partial charge in [-0.25, -0.2) is 35.1 Å². The van der Waals surface area contributed by atoms with Crippen LogP contribution < -0.4 is 9.47 Å². The fourth-order valence-electron chi connectivity index (χ4n) is 3.87. The highest BCUT2D eigenvalue weighted by Crippen LogP contribution is 2.38. The molecule has 4 aromatic rings. The lowest BCUT2D eigenvalue weighted by Crippen LogP contribution is -2.25. The summed E-state index contributed by atoms with van der Waals surface area (Å²) in [4.78, 5) is 0. The number of hydrogen-bond donors (Lipinski definition) is 0. The fourth-order valence-corrected chi connectivity index (χ4v) is 3.87. The highest BCUT2D eigenvalue weighted by atomic mass is 19.3. The summed E-state index contributed by atoms with van der Waals surface area (Å²) in [5, 5.41) is 0. The number of rotatable bonds is 8. The van der Waals surface area contributed by atoms with E-state index in [1.807, 2.05) is 6.92 Å². The normalized spacial score (nSPS) is 11.2. The molecule has 0 fully saturated rings. The Morgan fingerprint density at radius 1 is 0.651 bits per heavy atom. The Balaban J connectivity index is 1.60. The van der Waals surface area contributed by atoms with E-state index in [0.717, 1.165) is 18.9 Å². The molecule has 0 unspecified atom stereocenters. The lowest BCUT2D eigenvalue weighted by Gasteiger charge is -2.20. The minimum atomic E-state index is -4.89. The Morgan fingerprint density at radius 2 is 1.23 bits per heavy atom. The van der Waals surface area contributed by atoms with Gasteiger partial charge in [0.05, 0.1) is 17.7 Å². The standard InChI is InChI=1S/C31H18F10O2/c1-2-3-8-42-19-7-6-17(21(32)13-19)5-4-16-9-22(33)28(23(34)10-16)18-11-24(35)29(25(36)12-18)31(40,41)43-20-14-26(37)30(39)27(38)15-20/h6-7,9-15H,2-3,8H2,1H3. The van der Waals surface area contributed by atoms with E-state index < -0.39 is 75.1 Å². The van der Waals surface area contributed by atoms with Crippen LogP contribution in [-0.2, 0) is 6.11 Å². The van der Waals surface area contributed by atoms with Gasteiger partial charge >= 0.3 is 6.11 Å². The summed E-state index contributed by atoms with van der Waals surface area (Å²) < 4.78 is 152. The minimum absolute atomic E-state index is 0.0260. The molecule has 0 N–H and O–H groups in total. The third kappa shape index (κ3) is 7.05. The molecular weight excluding hydrogens is 594 g/mol. The van der Waals surface area contributed by atoms with Gasteiger partial charge in [-0.05, 0) is 48.4 Å². The molecule has 0 aliphatic rings. The third-order valence-corrected chi connectivity index (χ3v) is 5.92. The van der Waals surface area contributed by atoms with Crippen molar-refractivity contribution >= 4 is 0 Å². The number of benzene rings is 4. The van der Waals surface area contributed by atoms with E-state index in [1.165, 1.54) is 12.1 Å². The molecule has 0 aromatic heterocycles. The van der Waals surface area contributed by atoms with Crippen LogP contribution in [0.4, 0.5) is 43.9 Å². The van der Waals surface area contributed by atoms with E-state index in [-0.39, 0.29) is 41.1 Å². The van der Waals surface area contributed by atoms with Crippen LogP contribution in [0.1, 0.15) is 36.5 Å². The number of halogens is 10. The van der Waals surface area contributed by atoms with Crippen molar-refractivity contribution in [2.24, 2.45) is 0 Å². The molecule has 0 amide bonds. The molecule has 0 atom stereocenters. The van der Waals surface area contributed by atoms with E-state index in [9.17, 15) is 43.9 Å². The minimum Gasteiger partial charge on any atom is -0.493 e. The lowest BCUT2D eigenvalue weighted by atomic mass is 9.99. The Labute approximate surface area is 238 Å². The smallest absolute Gasteiger partial charge is 0.432 e. The Morgan fingerprint density at radius 3 is 1.79 bits per heavy atom. The zero-order valence-electron chi connectivity index (χ0n) is 21.9. The van der Waals surface area contributed by atoms with Crippen molar-refractivity contribution in [3.05, 3.63) is 118 Å². The molecule has 4 rings (SSSR count). The molecule has 0 radical (unpaired) electrons. The van der Waals surface area contributed by atoms with Gasteiger partial charge in [0.15, 0.2) is 17.5 Å². The summed E-state index contributed by atoms with van der Waals surface area (Å²) in [6.07, 6.45) is -3.25. The van der Waals surface area contributed by atoms with Crippen LogP contribution in [0.5, 0.6) is 11.5 Å². The molecule has 224 valence electrons. The molecule has 0 aliphatic carbocycles. The second kappa shape index (κ2) is 12.7. The van der Waals surface area contributed by atoms with E-state index in [2.05, 4.69) is 16.6 Å². The van der Waals surface area contributed by atoms with Gasteiger partial charge in [0.25, 0.3) is 0 Å². The van der Waals surface area contributed by atoms with Crippen LogP contribution >= 0.6 is 0 Å². The average molecular weight is 612 g/mol. The maximum Gasteiger partial charge on any atom is 0.432 e. The van der Waals surface area contributed by atoms with E-state index in [4.69, 9.17) is 4.74 Å². The first-order valence-electron chi connectivity index (χ1n) is 12.5. The summed E-state index contributed by atoms with van der Waals surface area (Å²) >= 11 is 0. The van der Waals surface area contributed by atoms with Crippen molar-refractivity contribution in [3.8, 4) is 34.5 Å². The van der Waals surface area contributed by atoms with Crippen LogP contribution in [0.15, 0.2) is 54.6 Å². The SMILES string of the molecule is CCCCOc1ccc(C#Cc2cc(F)c(-c3cc(F)c(C(F)(F)Oc4cc(F)c(F)c(F)c4)c(F)c3)c(F)c2)c(F)c1. The van der Waals surface area contributed by atoms with Gasteiger partial charge in [0.2, 0.25) is 0 Å². The summed E-state index contributed by atoms with van der Waals surface area (Å²) in [6.45, 7) is 2.34. The first kappa shape index (κ1) is 31.3. The summed E-state index contributed by atoms with van der Waals surface area (Å²) in [5.41, 5.74) is -4.26. The van der Waals surface area contributed by atoms with Crippen molar-refractivity contribution in [3.63, 3.8) is 0 Å². The summed E-state index contributed by atoms with van der Waals surface area (Å²) in [5.74, 6) is -9.61. The number of unbranched alkanes of at least 4 members (excludes halogenated alkanes) is 1. The van der Waals surface area contributed by atoms with Crippen molar-refractivity contribution < 1.29 is 53.4 Å². The molecule has 4 aromatic carbocycles. The Bertz CT molecular complexity index is 1670. The van der Waals surface area contributed by atoms with Gasteiger partial charge in [-0.2, -0.15) is 8.78 Å². The van der Waals surface area contributed by atoms with Gasteiger partial charge in [0.1, 0.15) is 46.1 Å². The second-order valence-electron chi connectivity index (χ2n) is 9.04. The lowest BCUT2D eigenvalue weighted by molar-refractivity contribution is -0.189. The van der Waals surface area contributed by atoms with Crippen molar-refractivity contribution in [2.75, 3.05) is 6.61 Å². The second-order valence-corrected chi connectivity index (χ2v) is 9.04.